The van der Waals surface area contributed by atoms with Crippen LogP contribution in [0.1, 0.15) is 33.8 Å². The van der Waals surface area contributed by atoms with Crippen LogP contribution in [0.2, 0.25) is 0 Å². The molecular formula is C30H25FN6OS. The van der Waals surface area contributed by atoms with Gasteiger partial charge in [0.2, 0.25) is 0 Å². The van der Waals surface area contributed by atoms with E-state index in [0.717, 1.165) is 42.8 Å². The fourth-order valence-electron chi connectivity index (χ4n) is 4.63. The van der Waals surface area contributed by atoms with Gasteiger partial charge in [0, 0.05) is 28.4 Å². The van der Waals surface area contributed by atoms with E-state index in [-0.39, 0.29) is 17.8 Å². The van der Waals surface area contributed by atoms with Crippen LogP contribution in [0, 0.1) is 5.82 Å². The number of imidazole rings is 1. The minimum absolute atomic E-state index is 0.249. The Morgan fingerprint density at radius 3 is 2.72 bits per heavy atom. The van der Waals surface area contributed by atoms with E-state index in [1.807, 2.05) is 37.1 Å². The number of aromatic nitrogens is 4. The zero-order valence-electron chi connectivity index (χ0n) is 21.4. The second-order valence-corrected chi connectivity index (χ2v) is 10.5. The van der Waals surface area contributed by atoms with Crippen molar-refractivity contribution in [3.8, 4) is 10.4 Å². The molecule has 6 aromatic rings. The van der Waals surface area contributed by atoms with Crippen molar-refractivity contribution in [2.75, 3.05) is 5.32 Å². The molecule has 0 radical (unpaired) electrons. The number of hydrogen-bond acceptors (Lipinski definition) is 6. The molecule has 4 heterocycles. The lowest BCUT2D eigenvalue weighted by atomic mass is 10.1. The van der Waals surface area contributed by atoms with Crippen LogP contribution in [0.5, 0.6) is 0 Å². The van der Waals surface area contributed by atoms with E-state index in [1.54, 1.807) is 41.8 Å². The van der Waals surface area contributed by atoms with Gasteiger partial charge in [-0.05, 0) is 66.6 Å². The summed E-state index contributed by atoms with van der Waals surface area (Å²) in [4.78, 5) is 28.7. The number of amides is 1. The predicted octanol–water partition coefficient (Wildman–Crippen LogP) is 6.49. The lowest BCUT2D eigenvalue weighted by molar-refractivity contribution is 0.0940. The molecule has 2 N–H and O–H groups in total. The molecular weight excluding hydrogens is 511 g/mol. The van der Waals surface area contributed by atoms with Crippen molar-refractivity contribution < 1.29 is 9.18 Å². The van der Waals surface area contributed by atoms with Gasteiger partial charge in [-0.15, -0.1) is 11.3 Å². The molecule has 4 aromatic heterocycles. The third-order valence-electron chi connectivity index (χ3n) is 6.69. The Bertz CT molecular complexity index is 1810. The molecule has 0 saturated heterocycles. The van der Waals surface area contributed by atoms with Gasteiger partial charge in [0.1, 0.15) is 17.2 Å². The van der Waals surface area contributed by atoms with Crippen molar-refractivity contribution in [1.29, 1.82) is 0 Å². The summed E-state index contributed by atoms with van der Waals surface area (Å²) in [6.07, 6.45) is 5.27. The van der Waals surface area contributed by atoms with Crippen LogP contribution < -0.4 is 10.6 Å². The van der Waals surface area contributed by atoms with Gasteiger partial charge in [0.15, 0.2) is 0 Å². The maximum Gasteiger partial charge on any atom is 0.255 e. The number of hydrogen-bond donors (Lipinski definition) is 2. The number of aryl methyl sites for hydroxylation is 1. The summed E-state index contributed by atoms with van der Waals surface area (Å²) in [7, 11) is 1.99. The van der Waals surface area contributed by atoms with Crippen molar-refractivity contribution in [2.45, 2.75) is 19.5 Å². The SMILES string of the molecule is C[C@H](NC(=O)c1cccnc1NCc1ccc(-c2ccc3ncc4ncn(C)c4c3c2)s1)c1ccc(F)cc1. The van der Waals surface area contributed by atoms with Gasteiger partial charge >= 0.3 is 0 Å². The first kappa shape index (κ1) is 24.7. The average Bonchev–Trinajstić information content (AvgIpc) is 3.59. The van der Waals surface area contributed by atoms with Gasteiger partial charge < -0.3 is 15.2 Å². The number of anilines is 1. The summed E-state index contributed by atoms with van der Waals surface area (Å²) >= 11 is 1.68. The maximum absolute atomic E-state index is 13.3. The molecule has 0 saturated carbocycles. The number of halogens is 1. The Morgan fingerprint density at radius 2 is 1.87 bits per heavy atom. The van der Waals surface area contributed by atoms with Gasteiger partial charge in [-0.2, -0.15) is 0 Å². The molecule has 1 atom stereocenters. The topological polar surface area (TPSA) is 84.7 Å². The molecule has 7 nitrogen and oxygen atoms in total. The van der Waals surface area contributed by atoms with Crippen LogP contribution in [0.15, 0.2) is 85.5 Å². The Labute approximate surface area is 228 Å². The lowest BCUT2D eigenvalue weighted by Crippen LogP contribution is -2.27. The van der Waals surface area contributed by atoms with Crippen molar-refractivity contribution in [2.24, 2.45) is 7.05 Å². The molecule has 6 rings (SSSR count). The highest BCUT2D eigenvalue weighted by molar-refractivity contribution is 7.15. The number of fused-ring (bicyclic) bond motifs is 3. The smallest absolute Gasteiger partial charge is 0.255 e. The Hall–Kier alpha value is -4.63. The second-order valence-electron chi connectivity index (χ2n) is 9.35. The quantitative estimate of drug-likeness (QED) is 0.244. The predicted molar refractivity (Wildman–Crippen MR) is 153 cm³/mol. The highest BCUT2D eigenvalue weighted by atomic mass is 32.1. The summed E-state index contributed by atoms with van der Waals surface area (Å²) in [6, 6.07) is 19.8. The first-order chi connectivity index (χ1) is 19.0. The van der Waals surface area contributed by atoms with E-state index in [9.17, 15) is 9.18 Å². The lowest BCUT2D eigenvalue weighted by Gasteiger charge is -2.16. The molecule has 9 heteroatoms. The van der Waals surface area contributed by atoms with E-state index in [4.69, 9.17) is 0 Å². The summed E-state index contributed by atoms with van der Waals surface area (Å²) in [6.45, 7) is 2.39. The number of nitrogens with zero attached hydrogens (tertiary/aromatic N) is 4. The molecule has 0 bridgehead atoms. The molecule has 0 spiro atoms. The minimum atomic E-state index is -0.309. The highest BCUT2D eigenvalue weighted by Gasteiger charge is 2.16. The molecule has 0 aliphatic heterocycles. The average molecular weight is 537 g/mol. The van der Waals surface area contributed by atoms with Gasteiger partial charge in [-0.25, -0.2) is 14.4 Å². The Kier molecular flexibility index (Phi) is 6.50. The van der Waals surface area contributed by atoms with Gasteiger partial charge in [-0.3, -0.25) is 9.78 Å². The van der Waals surface area contributed by atoms with Gasteiger partial charge in [0.25, 0.3) is 5.91 Å². The normalized spacial score (nSPS) is 12.1. The zero-order valence-corrected chi connectivity index (χ0v) is 22.2. The molecule has 0 aliphatic carbocycles. The molecule has 0 unspecified atom stereocenters. The number of rotatable bonds is 7. The summed E-state index contributed by atoms with van der Waals surface area (Å²) < 4.78 is 15.3. The summed E-state index contributed by atoms with van der Waals surface area (Å²) in [5.41, 5.74) is 5.26. The van der Waals surface area contributed by atoms with Crippen molar-refractivity contribution >= 4 is 45.0 Å². The van der Waals surface area contributed by atoms with Gasteiger partial charge in [-0.1, -0.05) is 18.2 Å². The van der Waals surface area contributed by atoms with Gasteiger partial charge in [0.05, 0.1) is 41.7 Å². The van der Waals surface area contributed by atoms with E-state index >= 15 is 0 Å². The largest absolute Gasteiger partial charge is 0.365 e. The fourth-order valence-corrected chi connectivity index (χ4v) is 5.57. The van der Waals surface area contributed by atoms with Crippen molar-refractivity contribution in [3.05, 3.63) is 107 Å². The minimum Gasteiger partial charge on any atom is -0.365 e. The number of nitrogens with one attached hydrogen (secondary N) is 2. The third kappa shape index (κ3) is 4.96. The molecule has 0 fully saturated rings. The molecule has 2 aromatic carbocycles. The summed E-state index contributed by atoms with van der Waals surface area (Å²) in [5.74, 6) is -0.0525. The van der Waals surface area contributed by atoms with Crippen LogP contribution in [-0.4, -0.2) is 25.4 Å². The second kappa shape index (κ2) is 10.3. The van der Waals surface area contributed by atoms with Crippen molar-refractivity contribution in [1.82, 2.24) is 24.8 Å². The van der Waals surface area contributed by atoms with Crippen LogP contribution in [0.25, 0.3) is 32.4 Å². The number of benzene rings is 2. The molecule has 39 heavy (non-hydrogen) atoms. The third-order valence-corrected chi connectivity index (χ3v) is 7.82. The monoisotopic (exact) mass is 536 g/mol. The first-order valence-electron chi connectivity index (χ1n) is 12.5. The first-order valence-corrected chi connectivity index (χ1v) is 13.3. The van der Waals surface area contributed by atoms with Crippen LogP contribution in [0.3, 0.4) is 0 Å². The Morgan fingerprint density at radius 1 is 1.03 bits per heavy atom. The van der Waals surface area contributed by atoms with E-state index in [2.05, 4.69) is 49.9 Å². The van der Waals surface area contributed by atoms with Crippen LogP contribution in [-0.2, 0) is 13.6 Å². The number of carbonyl (C=O) groups excluding carboxylic acids is 1. The fraction of sp³-hybridized carbons (Fsp3) is 0.133. The molecule has 0 aliphatic rings. The molecule has 194 valence electrons. The standard InChI is InChI=1S/C30H25FN6OS/c1-18(19-5-8-21(31)9-6-19)36-30(38)23-4-3-13-32-29(23)34-15-22-10-12-27(39-22)20-7-11-25-24(14-20)28-26(16-33-25)35-17-37(28)2/h3-14,16-18H,15H2,1-2H3,(H,32,34)(H,36,38)/t18-/m0/s1. The maximum atomic E-state index is 13.3. The van der Waals surface area contributed by atoms with Crippen LogP contribution >= 0.6 is 11.3 Å². The van der Waals surface area contributed by atoms with E-state index in [0.29, 0.717) is 17.9 Å². The highest BCUT2D eigenvalue weighted by Crippen LogP contribution is 2.32. The van der Waals surface area contributed by atoms with E-state index in [1.165, 1.54) is 12.1 Å². The van der Waals surface area contributed by atoms with Crippen LogP contribution in [0.4, 0.5) is 10.2 Å². The number of pyridine rings is 2. The Balaban J connectivity index is 1.18. The molecule has 1 amide bonds. The summed E-state index contributed by atoms with van der Waals surface area (Å²) in [5, 5.41) is 7.36. The number of carbonyl (C=O) groups is 1. The zero-order chi connectivity index (χ0) is 26.9. The van der Waals surface area contributed by atoms with Crippen molar-refractivity contribution in [3.63, 3.8) is 0 Å². The number of thiophene rings is 1. The van der Waals surface area contributed by atoms with E-state index < -0.39 is 0 Å².